The van der Waals surface area contributed by atoms with Gasteiger partial charge in [0.05, 0.1) is 0 Å². The van der Waals surface area contributed by atoms with Gasteiger partial charge in [0, 0.05) is 4.78 Å². The lowest BCUT2D eigenvalue weighted by atomic mass is 9.81. The highest BCUT2D eigenvalue weighted by molar-refractivity contribution is 7.21. The van der Waals surface area contributed by atoms with E-state index in [4.69, 9.17) is 0 Å². The second-order valence-corrected chi connectivity index (χ2v) is 5.41. The van der Waals surface area contributed by atoms with E-state index in [0.717, 1.165) is 22.3 Å². The van der Waals surface area contributed by atoms with Crippen LogP contribution in [0.15, 0.2) is 66.0 Å². The van der Waals surface area contributed by atoms with Crippen molar-refractivity contribution in [3.63, 3.8) is 0 Å². The minimum Gasteiger partial charge on any atom is -0.423 e. The summed E-state index contributed by atoms with van der Waals surface area (Å²) in [7, 11) is -1.45. The maximum absolute atomic E-state index is 9.59. The minimum atomic E-state index is -1.45. The zero-order valence-corrected chi connectivity index (χ0v) is 11.5. The summed E-state index contributed by atoms with van der Waals surface area (Å²) in [6, 6.07) is 19.8. The first-order chi connectivity index (χ1) is 9.77. The van der Waals surface area contributed by atoms with E-state index >= 15 is 0 Å². The van der Waals surface area contributed by atoms with Crippen molar-refractivity contribution in [1.29, 1.82) is 0 Å². The summed E-state index contributed by atoms with van der Waals surface area (Å²) in [5.74, 6) is 0. The van der Waals surface area contributed by atoms with Gasteiger partial charge in [-0.3, -0.25) is 0 Å². The van der Waals surface area contributed by atoms with Crippen molar-refractivity contribution >= 4 is 23.2 Å². The van der Waals surface area contributed by atoms with Crippen molar-refractivity contribution in [2.24, 2.45) is 0 Å². The summed E-state index contributed by atoms with van der Waals surface area (Å²) in [5.41, 5.74) is 4.01. The van der Waals surface area contributed by atoms with Crippen molar-refractivity contribution < 1.29 is 10.0 Å². The molecular weight excluding hydrogens is 267 g/mol. The van der Waals surface area contributed by atoms with Crippen LogP contribution in [0.3, 0.4) is 0 Å². The first-order valence-electron chi connectivity index (χ1n) is 6.35. The molecule has 0 saturated carbocycles. The molecule has 0 saturated heterocycles. The van der Waals surface area contributed by atoms with Gasteiger partial charge in [-0.15, -0.1) is 0 Å². The summed E-state index contributed by atoms with van der Waals surface area (Å²) in [5, 5.41) is 21.2. The number of benzene rings is 2. The largest absolute Gasteiger partial charge is 0.499 e. The zero-order valence-electron chi connectivity index (χ0n) is 10.7. The van der Waals surface area contributed by atoms with Crippen molar-refractivity contribution in [2.75, 3.05) is 0 Å². The van der Waals surface area contributed by atoms with Gasteiger partial charge < -0.3 is 10.0 Å². The predicted molar refractivity (Wildman–Crippen MR) is 85.0 cm³/mol. The molecule has 2 nitrogen and oxygen atoms in total. The van der Waals surface area contributed by atoms with Crippen LogP contribution in [-0.4, -0.2) is 17.2 Å². The molecule has 0 spiro atoms. The smallest absolute Gasteiger partial charge is 0.423 e. The third-order valence-electron chi connectivity index (χ3n) is 3.20. The number of rotatable bonds is 3. The lowest BCUT2D eigenvalue weighted by molar-refractivity contribution is 0.427. The molecule has 0 unspecified atom stereocenters. The Balaban J connectivity index is 2.22. The van der Waals surface area contributed by atoms with Crippen LogP contribution < -0.4 is 4.78 Å². The Morgan fingerprint density at radius 3 is 1.85 bits per heavy atom. The maximum Gasteiger partial charge on any atom is 0.499 e. The Morgan fingerprint density at radius 2 is 1.30 bits per heavy atom. The van der Waals surface area contributed by atoms with E-state index in [9.17, 15) is 10.0 Å². The summed E-state index contributed by atoms with van der Waals surface area (Å²) < 4.78 is 0.579. The summed E-state index contributed by atoms with van der Waals surface area (Å²) in [4.78, 5) is 0. The van der Waals surface area contributed by atoms with E-state index in [0.29, 0.717) is 4.78 Å². The van der Waals surface area contributed by atoms with E-state index < -0.39 is 7.12 Å². The highest BCUT2D eigenvalue weighted by Gasteiger charge is 2.23. The maximum atomic E-state index is 9.59. The molecule has 0 bridgehead atoms. The molecule has 0 aliphatic rings. The van der Waals surface area contributed by atoms with Crippen LogP contribution in [0.2, 0.25) is 0 Å². The van der Waals surface area contributed by atoms with Crippen molar-refractivity contribution in [1.82, 2.24) is 0 Å². The molecule has 4 heteroatoms. The van der Waals surface area contributed by atoms with Crippen LogP contribution in [0.25, 0.3) is 22.3 Å². The van der Waals surface area contributed by atoms with Gasteiger partial charge in [-0.1, -0.05) is 60.7 Å². The number of thiophene rings is 1. The molecule has 0 radical (unpaired) electrons. The molecule has 2 aromatic carbocycles. The van der Waals surface area contributed by atoms with Gasteiger partial charge in [0.15, 0.2) is 0 Å². The standard InChI is InChI=1S/C16H13BO2S/c18-17(19)16-15(13-9-5-2-6-10-13)14(11-20-16)12-7-3-1-4-8-12/h1-11,18-19H. The summed E-state index contributed by atoms with van der Waals surface area (Å²) >= 11 is 1.37. The Hall–Kier alpha value is -1.88. The first kappa shape index (κ1) is 13.1. The fourth-order valence-electron chi connectivity index (χ4n) is 2.30. The normalized spacial score (nSPS) is 10.5. The van der Waals surface area contributed by atoms with Crippen LogP contribution in [-0.2, 0) is 0 Å². The van der Waals surface area contributed by atoms with Crippen LogP contribution in [0.5, 0.6) is 0 Å². The molecule has 1 aromatic heterocycles. The lowest BCUT2D eigenvalue weighted by Crippen LogP contribution is -2.28. The van der Waals surface area contributed by atoms with Gasteiger partial charge in [-0.05, 0) is 27.6 Å². The van der Waals surface area contributed by atoms with Gasteiger partial charge in [-0.2, -0.15) is 11.3 Å². The van der Waals surface area contributed by atoms with Gasteiger partial charge in [0.25, 0.3) is 0 Å². The molecule has 1 heterocycles. The third-order valence-corrected chi connectivity index (χ3v) is 4.22. The van der Waals surface area contributed by atoms with E-state index in [1.54, 1.807) is 0 Å². The minimum absolute atomic E-state index is 0.579. The van der Waals surface area contributed by atoms with Gasteiger partial charge in [0.1, 0.15) is 0 Å². The topological polar surface area (TPSA) is 40.5 Å². The van der Waals surface area contributed by atoms with Crippen molar-refractivity contribution in [3.05, 3.63) is 66.0 Å². The van der Waals surface area contributed by atoms with E-state index in [1.165, 1.54) is 11.3 Å². The van der Waals surface area contributed by atoms with Crippen LogP contribution in [0.1, 0.15) is 0 Å². The molecule has 3 rings (SSSR count). The monoisotopic (exact) mass is 280 g/mol. The molecular formula is C16H13BO2S. The van der Waals surface area contributed by atoms with Gasteiger partial charge >= 0.3 is 7.12 Å². The average Bonchev–Trinajstić information content (AvgIpc) is 2.94. The molecule has 0 atom stereocenters. The first-order valence-corrected chi connectivity index (χ1v) is 7.23. The fraction of sp³-hybridized carbons (Fsp3) is 0. The van der Waals surface area contributed by atoms with Crippen LogP contribution in [0, 0.1) is 0 Å². The Labute approximate surface area is 122 Å². The lowest BCUT2D eigenvalue weighted by Gasteiger charge is -2.08. The molecule has 0 amide bonds. The Morgan fingerprint density at radius 1 is 0.750 bits per heavy atom. The molecule has 2 N–H and O–H groups in total. The molecule has 20 heavy (non-hydrogen) atoms. The van der Waals surface area contributed by atoms with Gasteiger partial charge in [0.2, 0.25) is 0 Å². The third kappa shape index (κ3) is 2.41. The van der Waals surface area contributed by atoms with E-state index in [1.807, 2.05) is 66.0 Å². The highest BCUT2D eigenvalue weighted by atomic mass is 32.1. The number of hydrogen-bond donors (Lipinski definition) is 2. The summed E-state index contributed by atoms with van der Waals surface area (Å²) in [6.45, 7) is 0. The molecule has 98 valence electrons. The van der Waals surface area contributed by atoms with Crippen LogP contribution >= 0.6 is 11.3 Å². The zero-order chi connectivity index (χ0) is 13.9. The molecule has 0 fully saturated rings. The summed E-state index contributed by atoms with van der Waals surface area (Å²) in [6.07, 6.45) is 0. The predicted octanol–water partition coefficient (Wildman–Crippen LogP) is 2.76. The molecule has 0 aliphatic carbocycles. The van der Waals surface area contributed by atoms with Crippen molar-refractivity contribution in [3.8, 4) is 22.3 Å². The molecule has 3 aromatic rings. The van der Waals surface area contributed by atoms with E-state index in [2.05, 4.69) is 0 Å². The second-order valence-electron chi connectivity index (χ2n) is 4.49. The fourth-order valence-corrected chi connectivity index (χ4v) is 3.26. The quantitative estimate of drug-likeness (QED) is 0.724. The Kier molecular flexibility index (Phi) is 3.69. The Bertz CT molecular complexity index is 693. The highest BCUT2D eigenvalue weighted by Crippen LogP contribution is 2.33. The SMILES string of the molecule is OB(O)c1scc(-c2ccccc2)c1-c1ccccc1. The van der Waals surface area contributed by atoms with Gasteiger partial charge in [-0.25, -0.2) is 0 Å². The van der Waals surface area contributed by atoms with Crippen LogP contribution in [0.4, 0.5) is 0 Å². The second kappa shape index (κ2) is 5.63. The van der Waals surface area contributed by atoms with E-state index in [-0.39, 0.29) is 0 Å². The molecule has 0 aliphatic heterocycles. The number of hydrogen-bond acceptors (Lipinski definition) is 3. The average molecular weight is 280 g/mol. The van der Waals surface area contributed by atoms with Crippen molar-refractivity contribution in [2.45, 2.75) is 0 Å².